The molecular weight excluding hydrogens is 388 g/mol. The third kappa shape index (κ3) is 4.94. The first kappa shape index (κ1) is 19.8. The van der Waals surface area contributed by atoms with Gasteiger partial charge in [0.15, 0.2) is 11.7 Å². The van der Waals surface area contributed by atoms with E-state index in [2.05, 4.69) is 22.1 Å². The molecule has 1 aromatic heterocycles. The molecule has 0 spiro atoms. The van der Waals surface area contributed by atoms with Crippen molar-refractivity contribution in [3.05, 3.63) is 35.3 Å². The lowest BCUT2D eigenvalue weighted by atomic mass is 10.0. The molecule has 0 bridgehead atoms. The molecule has 1 fully saturated rings. The van der Waals surface area contributed by atoms with Gasteiger partial charge in [-0.1, -0.05) is 19.1 Å². The van der Waals surface area contributed by atoms with Crippen LogP contribution in [-0.2, 0) is 16.1 Å². The number of likely N-dealkylation sites (tertiary alicyclic amines) is 1. The number of nitrogens with one attached hydrogen (secondary N) is 1. The van der Waals surface area contributed by atoms with Crippen LogP contribution in [0.5, 0.6) is 5.75 Å². The summed E-state index contributed by atoms with van der Waals surface area (Å²) in [5.74, 6) is 1.12. The average molecular weight is 415 g/mol. The first-order valence-electron chi connectivity index (χ1n) is 10.1. The van der Waals surface area contributed by atoms with Crippen LogP contribution in [0.1, 0.15) is 31.9 Å². The summed E-state index contributed by atoms with van der Waals surface area (Å²) in [4.78, 5) is 33.2. The number of carbonyl (C=O) groups is 2. The van der Waals surface area contributed by atoms with Crippen molar-refractivity contribution in [2.45, 2.75) is 32.7 Å². The second-order valence-corrected chi connectivity index (χ2v) is 8.58. The van der Waals surface area contributed by atoms with Gasteiger partial charge in [0.25, 0.3) is 5.91 Å². The van der Waals surface area contributed by atoms with Gasteiger partial charge in [0.1, 0.15) is 5.75 Å². The van der Waals surface area contributed by atoms with Crippen LogP contribution in [0.4, 0.5) is 10.8 Å². The Kier molecular flexibility index (Phi) is 6.10. The maximum absolute atomic E-state index is 12.4. The number of carbonyl (C=O) groups excluding carboxylic acids is 2. The number of amides is 2. The zero-order valence-electron chi connectivity index (χ0n) is 16.6. The average Bonchev–Trinajstić information content (AvgIpc) is 3.14. The van der Waals surface area contributed by atoms with E-state index >= 15 is 0 Å². The molecule has 29 heavy (non-hydrogen) atoms. The lowest BCUT2D eigenvalue weighted by Crippen LogP contribution is -2.40. The van der Waals surface area contributed by atoms with Crippen LogP contribution in [0.25, 0.3) is 0 Å². The van der Waals surface area contributed by atoms with E-state index < -0.39 is 0 Å². The number of hydrogen-bond donors (Lipinski definition) is 1. The number of para-hydroxylation sites is 2. The Morgan fingerprint density at radius 3 is 3.10 bits per heavy atom. The summed E-state index contributed by atoms with van der Waals surface area (Å²) >= 11 is 1.45. The fraction of sp³-hybridized carbons (Fsp3) is 0.476. The molecule has 1 unspecified atom stereocenters. The summed E-state index contributed by atoms with van der Waals surface area (Å²) in [5.41, 5.74) is 1.71. The molecule has 154 valence electrons. The minimum atomic E-state index is -0.144. The Labute approximate surface area is 174 Å². The van der Waals surface area contributed by atoms with Gasteiger partial charge >= 0.3 is 0 Å². The summed E-state index contributed by atoms with van der Waals surface area (Å²) in [5, 5.41) is 5.49. The minimum Gasteiger partial charge on any atom is -0.482 e. The van der Waals surface area contributed by atoms with Gasteiger partial charge in [-0.2, -0.15) is 0 Å². The highest BCUT2D eigenvalue weighted by Crippen LogP contribution is 2.31. The Morgan fingerprint density at radius 2 is 2.24 bits per heavy atom. The number of hydrogen-bond acceptors (Lipinski definition) is 6. The molecule has 0 aliphatic carbocycles. The smallest absolute Gasteiger partial charge is 0.265 e. The van der Waals surface area contributed by atoms with Crippen molar-refractivity contribution in [3.63, 3.8) is 0 Å². The van der Waals surface area contributed by atoms with E-state index in [1.807, 2.05) is 29.6 Å². The molecule has 1 N–H and O–H groups in total. The van der Waals surface area contributed by atoms with E-state index in [0.717, 1.165) is 31.2 Å². The molecular formula is C21H26N4O3S. The highest BCUT2D eigenvalue weighted by Gasteiger charge is 2.25. The summed E-state index contributed by atoms with van der Waals surface area (Å²) in [6.45, 7) is 5.65. The molecule has 4 rings (SSSR count). The van der Waals surface area contributed by atoms with Gasteiger partial charge in [-0.05, 0) is 37.4 Å². The first-order chi connectivity index (χ1) is 14.1. The summed E-state index contributed by atoms with van der Waals surface area (Å²) in [6.07, 6.45) is 2.74. The number of rotatable bonds is 6. The van der Waals surface area contributed by atoms with Crippen LogP contribution in [0.3, 0.4) is 0 Å². The number of aromatic nitrogens is 1. The summed E-state index contributed by atoms with van der Waals surface area (Å²) < 4.78 is 5.44. The van der Waals surface area contributed by atoms with E-state index in [4.69, 9.17) is 4.74 Å². The lowest BCUT2D eigenvalue weighted by molar-refractivity contribution is -0.121. The van der Waals surface area contributed by atoms with Gasteiger partial charge in [0, 0.05) is 31.4 Å². The molecule has 7 nitrogen and oxygen atoms in total. The monoisotopic (exact) mass is 414 g/mol. The normalized spacial score (nSPS) is 19.6. The van der Waals surface area contributed by atoms with Crippen LogP contribution in [0.2, 0.25) is 0 Å². The highest BCUT2D eigenvalue weighted by atomic mass is 32.1. The van der Waals surface area contributed by atoms with E-state index in [1.165, 1.54) is 24.2 Å². The summed E-state index contributed by atoms with van der Waals surface area (Å²) in [6, 6.07) is 7.38. The van der Waals surface area contributed by atoms with Crippen molar-refractivity contribution in [1.29, 1.82) is 0 Å². The molecule has 2 aliphatic heterocycles. The third-order valence-corrected chi connectivity index (χ3v) is 6.10. The molecule has 1 atom stereocenters. The van der Waals surface area contributed by atoms with Crippen molar-refractivity contribution in [1.82, 2.24) is 9.88 Å². The zero-order valence-corrected chi connectivity index (χ0v) is 17.4. The molecule has 1 aromatic carbocycles. The largest absolute Gasteiger partial charge is 0.482 e. The van der Waals surface area contributed by atoms with Gasteiger partial charge in [0.2, 0.25) is 5.91 Å². The number of ether oxygens (including phenoxy) is 1. The Bertz CT molecular complexity index is 884. The Hall–Kier alpha value is -2.45. The van der Waals surface area contributed by atoms with Gasteiger partial charge < -0.3 is 15.0 Å². The number of fused-ring (bicyclic) bond motifs is 1. The SMILES string of the molecule is CC1CCCN(Cc2csc(NC(=O)CCN3C(=O)COc4ccccc43)n2)C1. The molecule has 0 saturated carbocycles. The zero-order chi connectivity index (χ0) is 20.2. The van der Waals surface area contributed by atoms with E-state index in [0.29, 0.717) is 23.1 Å². The van der Waals surface area contributed by atoms with Gasteiger partial charge in [0.05, 0.1) is 11.4 Å². The Morgan fingerprint density at radius 1 is 1.38 bits per heavy atom. The summed E-state index contributed by atoms with van der Waals surface area (Å²) in [7, 11) is 0. The van der Waals surface area contributed by atoms with Crippen LogP contribution >= 0.6 is 11.3 Å². The molecule has 0 radical (unpaired) electrons. The number of piperidine rings is 1. The molecule has 3 heterocycles. The van der Waals surface area contributed by atoms with Crippen molar-refractivity contribution in [2.75, 3.05) is 36.5 Å². The predicted molar refractivity (Wildman–Crippen MR) is 113 cm³/mol. The minimum absolute atomic E-state index is 0.00356. The first-order valence-corrected chi connectivity index (χ1v) is 11.0. The topological polar surface area (TPSA) is 74.8 Å². The third-order valence-electron chi connectivity index (χ3n) is 5.30. The predicted octanol–water partition coefficient (Wildman–Crippen LogP) is 3.13. The number of thiazole rings is 1. The van der Waals surface area contributed by atoms with Crippen LogP contribution in [0.15, 0.2) is 29.6 Å². The van der Waals surface area contributed by atoms with Crippen molar-refractivity contribution >= 4 is 34.0 Å². The quantitative estimate of drug-likeness (QED) is 0.786. The van der Waals surface area contributed by atoms with Gasteiger partial charge in [-0.25, -0.2) is 4.98 Å². The number of benzene rings is 1. The molecule has 8 heteroatoms. The van der Waals surface area contributed by atoms with Crippen LogP contribution < -0.4 is 15.0 Å². The standard InChI is InChI=1S/C21H26N4O3S/c1-15-5-4-9-24(11-15)12-16-14-29-21(22-16)23-19(26)8-10-25-17-6-2-3-7-18(17)28-13-20(25)27/h2-3,6-7,14-15H,4-5,8-13H2,1H3,(H,22,23,26). The maximum Gasteiger partial charge on any atom is 0.265 e. The van der Waals surface area contributed by atoms with Gasteiger partial charge in [-0.15, -0.1) is 11.3 Å². The van der Waals surface area contributed by atoms with Crippen molar-refractivity contribution in [3.8, 4) is 5.75 Å². The van der Waals surface area contributed by atoms with E-state index in [9.17, 15) is 9.59 Å². The molecule has 2 aliphatic rings. The fourth-order valence-electron chi connectivity index (χ4n) is 3.89. The van der Waals surface area contributed by atoms with Crippen molar-refractivity contribution in [2.24, 2.45) is 5.92 Å². The lowest BCUT2D eigenvalue weighted by Gasteiger charge is -2.30. The van der Waals surface area contributed by atoms with E-state index in [-0.39, 0.29) is 24.8 Å². The molecule has 1 saturated heterocycles. The van der Waals surface area contributed by atoms with Gasteiger partial charge in [-0.3, -0.25) is 14.5 Å². The molecule has 2 amide bonds. The second-order valence-electron chi connectivity index (χ2n) is 7.73. The Balaban J connectivity index is 1.29. The van der Waals surface area contributed by atoms with Crippen LogP contribution in [0, 0.1) is 5.92 Å². The van der Waals surface area contributed by atoms with Crippen LogP contribution in [-0.4, -0.2) is 47.9 Å². The number of nitrogens with zero attached hydrogens (tertiary/aromatic N) is 3. The fourth-order valence-corrected chi connectivity index (χ4v) is 4.61. The molecule has 2 aromatic rings. The van der Waals surface area contributed by atoms with E-state index in [1.54, 1.807) is 4.90 Å². The van der Waals surface area contributed by atoms with Crippen molar-refractivity contribution < 1.29 is 14.3 Å². The maximum atomic E-state index is 12.4. The second kappa shape index (κ2) is 8.92. The highest BCUT2D eigenvalue weighted by molar-refractivity contribution is 7.13. The number of anilines is 2.